The van der Waals surface area contributed by atoms with Gasteiger partial charge in [-0.25, -0.2) is 0 Å². The lowest BCUT2D eigenvalue weighted by molar-refractivity contribution is -0.130. The Bertz CT molecular complexity index is 779. The van der Waals surface area contributed by atoms with Gasteiger partial charge in [-0.3, -0.25) is 30.2 Å². The first kappa shape index (κ1) is 15.5. The zero-order valence-corrected chi connectivity index (χ0v) is 12.5. The number of aromatic nitrogens is 1. The number of ether oxygens (including phenoxy) is 1. The van der Waals surface area contributed by atoms with Crippen LogP contribution in [-0.4, -0.2) is 28.8 Å². The van der Waals surface area contributed by atoms with Crippen molar-refractivity contribution in [1.29, 1.82) is 0 Å². The fourth-order valence-corrected chi connectivity index (χ4v) is 2.13. The van der Waals surface area contributed by atoms with Gasteiger partial charge in [0.1, 0.15) is 11.4 Å². The molecule has 0 saturated carbocycles. The van der Waals surface area contributed by atoms with Crippen LogP contribution in [-0.2, 0) is 9.59 Å². The van der Waals surface area contributed by atoms with Gasteiger partial charge in [-0.2, -0.15) is 0 Å². The molecule has 0 radical (unpaired) electrons. The molecule has 1 aliphatic heterocycles. The molecule has 24 heavy (non-hydrogen) atoms. The van der Waals surface area contributed by atoms with Gasteiger partial charge >= 0.3 is 0 Å². The van der Waals surface area contributed by atoms with E-state index < -0.39 is 23.8 Å². The third-order valence-electron chi connectivity index (χ3n) is 3.29. The van der Waals surface area contributed by atoms with Crippen LogP contribution in [0.3, 0.4) is 0 Å². The third-order valence-corrected chi connectivity index (χ3v) is 3.29. The van der Waals surface area contributed by atoms with Gasteiger partial charge in [-0.05, 0) is 24.3 Å². The number of rotatable bonds is 3. The van der Waals surface area contributed by atoms with Crippen molar-refractivity contribution in [2.75, 3.05) is 5.32 Å². The quantitative estimate of drug-likeness (QED) is 0.717. The normalized spacial score (nSPS) is 15.5. The molecular weight excluding hydrogens is 312 g/mol. The molecule has 0 bridgehead atoms. The second-order valence-corrected chi connectivity index (χ2v) is 5.01. The fraction of sp³-hybridized carbons (Fsp3) is 0.125. The Morgan fingerprint density at radius 1 is 1.12 bits per heavy atom. The molecule has 0 aliphatic carbocycles. The van der Waals surface area contributed by atoms with Crippen molar-refractivity contribution in [2.24, 2.45) is 0 Å². The summed E-state index contributed by atoms with van der Waals surface area (Å²) in [6, 6.07) is 11.8. The fourth-order valence-electron chi connectivity index (χ4n) is 2.13. The molecule has 122 valence electrons. The number of nitrogens with one attached hydrogen (secondary N) is 3. The summed E-state index contributed by atoms with van der Waals surface area (Å²) in [6.45, 7) is 0. The first-order chi connectivity index (χ1) is 11.6. The molecule has 8 heteroatoms. The van der Waals surface area contributed by atoms with Crippen molar-refractivity contribution >= 4 is 23.4 Å². The lowest BCUT2D eigenvalue weighted by Crippen LogP contribution is -2.46. The minimum atomic E-state index is -0.966. The number of benzene rings is 1. The highest BCUT2D eigenvalue weighted by Crippen LogP contribution is 2.29. The molecule has 1 atom stereocenters. The second kappa shape index (κ2) is 6.78. The highest BCUT2D eigenvalue weighted by Gasteiger charge is 2.29. The summed E-state index contributed by atoms with van der Waals surface area (Å²) in [4.78, 5) is 39.5. The molecule has 3 rings (SSSR count). The van der Waals surface area contributed by atoms with Gasteiger partial charge in [-0.15, -0.1) is 0 Å². The van der Waals surface area contributed by atoms with Crippen LogP contribution in [0.1, 0.15) is 16.9 Å². The van der Waals surface area contributed by atoms with Crippen LogP contribution in [0.25, 0.3) is 0 Å². The third kappa shape index (κ3) is 3.49. The molecule has 1 aliphatic rings. The minimum Gasteiger partial charge on any atom is -0.478 e. The van der Waals surface area contributed by atoms with Gasteiger partial charge in [0.05, 0.1) is 12.1 Å². The first-order valence-corrected chi connectivity index (χ1v) is 7.20. The molecular formula is C16H14N4O4. The number of hydrogen-bond acceptors (Lipinski definition) is 5. The second-order valence-electron chi connectivity index (χ2n) is 5.01. The summed E-state index contributed by atoms with van der Waals surface area (Å²) in [7, 11) is 0. The van der Waals surface area contributed by atoms with Crippen LogP contribution in [0.4, 0.5) is 5.69 Å². The summed E-state index contributed by atoms with van der Waals surface area (Å²) >= 11 is 0. The van der Waals surface area contributed by atoms with E-state index in [1.54, 1.807) is 36.4 Å². The van der Waals surface area contributed by atoms with Crippen LogP contribution in [0.2, 0.25) is 0 Å². The lowest BCUT2D eigenvalue weighted by atomic mass is 10.1. The summed E-state index contributed by atoms with van der Waals surface area (Å²) in [6.07, 6.45) is 0.267. The Hall–Kier alpha value is -3.42. The molecule has 2 aromatic rings. The molecule has 0 saturated heterocycles. The summed E-state index contributed by atoms with van der Waals surface area (Å²) in [5.41, 5.74) is 5.19. The van der Waals surface area contributed by atoms with Gasteiger partial charge in [0, 0.05) is 6.20 Å². The largest absolute Gasteiger partial charge is 0.478 e. The van der Waals surface area contributed by atoms with E-state index in [0.29, 0.717) is 11.4 Å². The molecule has 8 nitrogen and oxygen atoms in total. The van der Waals surface area contributed by atoms with Gasteiger partial charge in [-0.1, -0.05) is 18.2 Å². The van der Waals surface area contributed by atoms with Gasteiger partial charge in [0.2, 0.25) is 5.91 Å². The first-order valence-electron chi connectivity index (χ1n) is 7.20. The van der Waals surface area contributed by atoms with E-state index in [1.165, 1.54) is 12.3 Å². The standard InChI is InChI=1S/C16H14N4O4/c21-14(19-20-15(22)11-6-3-4-8-17-11)9-13-16(23)18-10-5-1-2-7-12(10)24-13/h1-8,13H,9H2,(H,18,23)(H,19,21)(H,20,22)/t13-/m0/s1. The topological polar surface area (TPSA) is 109 Å². The van der Waals surface area contributed by atoms with E-state index >= 15 is 0 Å². The van der Waals surface area contributed by atoms with Crippen LogP contribution in [0.5, 0.6) is 5.75 Å². The van der Waals surface area contributed by atoms with Crippen LogP contribution < -0.4 is 20.9 Å². The van der Waals surface area contributed by atoms with E-state index in [9.17, 15) is 14.4 Å². The molecule has 3 N–H and O–H groups in total. The Labute approximate surface area is 137 Å². The number of pyridine rings is 1. The number of amides is 3. The SMILES string of the molecule is O=C(C[C@@H]1Oc2ccccc2NC1=O)NNC(=O)c1ccccn1. The minimum absolute atomic E-state index is 0.165. The Kier molecular flexibility index (Phi) is 4.37. The zero-order chi connectivity index (χ0) is 16.9. The van der Waals surface area contributed by atoms with Crippen LogP contribution in [0, 0.1) is 0 Å². The number of hydrogen-bond donors (Lipinski definition) is 3. The average Bonchev–Trinajstić information content (AvgIpc) is 2.61. The van der Waals surface area contributed by atoms with Crippen molar-refractivity contribution in [3.05, 3.63) is 54.4 Å². The Balaban J connectivity index is 1.54. The van der Waals surface area contributed by atoms with Crippen molar-refractivity contribution in [1.82, 2.24) is 15.8 Å². The molecule has 3 amide bonds. The van der Waals surface area contributed by atoms with Crippen molar-refractivity contribution in [3.8, 4) is 5.75 Å². The van der Waals surface area contributed by atoms with E-state index in [0.717, 1.165) is 0 Å². The number of nitrogens with zero attached hydrogens (tertiary/aromatic N) is 1. The highest BCUT2D eigenvalue weighted by atomic mass is 16.5. The molecule has 0 spiro atoms. The maximum absolute atomic E-state index is 11.9. The lowest BCUT2D eigenvalue weighted by Gasteiger charge is -2.25. The predicted octanol–water partition coefficient (Wildman–Crippen LogP) is 0.632. The predicted molar refractivity (Wildman–Crippen MR) is 84.0 cm³/mol. The number of anilines is 1. The van der Waals surface area contributed by atoms with Crippen molar-refractivity contribution < 1.29 is 19.1 Å². The number of hydrazine groups is 1. The molecule has 0 unspecified atom stereocenters. The van der Waals surface area contributed by atoms with E-state index in [1.807, 2.05) is 0 Å². The highest BCUT2D eigenvalue weighted by molar-refractivity contribution is 6.00. The smallest absolute Gasteiger partial charge is 0.288 e. The molecule has 1 aromatic heterocycles. The van der Waals surface area contributed by atoms with Gasteiger partial charge < -0.3 is 10.1 Å². The molecule has 2 heterocycles. The number of carbonyl (C=O) groups excluding carboxylic acids is 3. The maximum atomic E-state index is 11.9. The summed E-state index contributed by atoms with van der Waals surface area (Å²) in [5, 5.41) is 2.66. The molecule has 1 aromatic carbocycles. The zero-order valence-electron chi connectivity index (χ0n) is 12.5. The van der Waals surface area contributed by atoms with Gasteiger partial charge in [0.15, 0.2) is 6.10 Å². The average molecular weight is 326 g/mol. The van der Waals surface area contributed by atoms with E-state index in [2.05, 4.69) is 21.2 Å². The Morgan fingerprint density at radius 3 is 2.71 bits per heavy atom. The van der Waals surface area contributed by atoms with E-state index in [-0.39, 0.29) is 12.1 Å². The summed E-state index contributed by atoms with van der Waals surface area (Å²) < 4.78 is 5.51. The number of para-hydroxylation sites is 2. The van der Waals surface area contributed by atoms with Crippen molar-refractivity contribution in [2.45, 2.75) is 12.5 Å². The van der Waals surface area contributed by atoms with E-state index in [4.69, 9.17) is 4.74 Å². The Morgan fingerprint density at radius 2 is 1.92 bits per heavy atom. The maximum Gasteiger partial charge on any atom is 0.288 e. The van der Waals surface area contributed by atoms with Gasteiger partial charge in [0.25, 0.3) is 11.8 Å². The van der Waals surface area contributed by atoms with Crippen LogP contribution in [0.15, 0.2) is 48.7 Å². The number of fused-ring (bicyclic) bond motifs is 1. The van der Waals surface area contributed by atoms with Crippen molar-refractivity contribution in [3.63, 3.8) is 0 Å². The summed E-state index contributed by atoms with van der Waals surface area (Å²) in [5.74, 6) is -1.03. The van der Waals surface area contributed by atoms with Crippen LogP contribution >= 0.6 is 0 Å². The number of carbonyl (C=O) groups is 3. The monoisotopic (exact) mass is 326 g/mol. The molecule has 0 fully saturated rings.